The highest BCUT2D eigenvalue weighted by Crippen LogP contribution is 2.31. The number of hydrogen-bond acceptors (Lipinski definition) is 3. The van der Waals surface area contributed by atoms with E-state index in [0.717, 1.165) is 6.92 Å². The van der Waals surface area contributed by atoms with Gasteiger partial charge in [0.2, 0.25) is 5.75 Å². The van der Waals surface area contributed by atoms with Crippen molar-refractivity contribution in [3.8, 4) is 5.75 Å². The quantitative estimate of drug-likeness (QED) is 0.541. The molecule has 0 bridgehead atoms. The summed E-state index contributed by atoms with van der Waals surface area (Å²) in [6, 6.07) is 0.480. The smallest absolute Gasteiger partial charge is 0.316 e. The van der Waals surface area contributed by atoms with Crippen LogP contribution in [0.4, 0.5) is 14.5 Å². The summed E-state index contributed by atoms with van der Waals surface area (Å²) in [5.41, 5.74) is -1.41. The van der Waals surface area contributed by atoms with Crippen molar-refractivity contribution >= 4 is 5.69 Å². The molecule has 70 valence electrons. The van der Waals surface area contributed by atoms with Gasteiger partial charge in [0.25, 0.3) is 0 Å². The number of hydrogen-bond donors (Lipinski definition) is 1. The third-order valence-corrected chi connectivity index (χ3v) is 1.60. The average Bonchev–Trinajstić information content (AvgIpc) is 2.07. The molecule has 0 aromatic heterocycles. The highest BCUT2D eigenvalue weighted by Gasteiger charge is 2.22. The first-order valence-corrected chi connectivity index (χ1v) is 3.27. The molecular formula is C7H5F2NO3. The summed E-state index contributed by atoms with van der Waals surface area (Å²) >= 11 is 0. The molecule has 0 aliphatic rings. The first kappa shape index (κ1) is 9.37. The number of nitro benzene ring substituents is 1. The van der Waals surface area contributed by atoms with Crippen molar-refractivity contribution in [3.63, 3.8) is 0 Å². The molecule has 4 nitrogen and oxygen atoms in total. The molecule has 0 atom stereocenters. The second-order valence-electron chi connectivity index (χ2n) is 2.42. The minimum atomic E-state index is -1.30. The standard InChI is InChI=1S/C7H5F2NO3/c1-3-4(8)2-5(10(12)13)7(11)6(3)9/h2,11H,1H3. The van der Waals surface area contributed by atoms with Gasteiger partial charge >= 0.3 is 5.69 Å². The van der Waals surface area contributed by atoms with Crippen molar-refractivity contribution in [2.24, 2.45) is 0 Å². The molecule has 1 N–H and O–H groups in total. The molecule has 0 saturated heterocycles. The third-order valence-electron chi connectivity index (χ3n) is 1.60. The van der Waals surface area contributed by atoms with Gasteiger partial charge in [0.1, 0.15) is 5.82 Å². The molecule has 1 aromatic carbocycles. The molecule has 0 radical (unpaired) electrons. The molecule has 0 heterocycles. The van der Waals surface area contributed by atoms with E-state index in [1.54, 1.807) is 0 Å². The summed E-state index contributed by atoms with van der Waals surface area (Å²) in [5, 5.41) is 19.0. The van der Waals surface area contributed by atoms with Crippen LogP contribution in [-0.2, 0) is 0 Å². The SMILES string of the molecule is Cc1c(F)cc([N+](=O)[O-])c(O)c1F. The molecule has 0 unspecified atom stereocenters. The molecular weight excluding hydrogens is 184 g/mol. The molecule has 0 aliphatic heterocycles. The van der Waals surface area contributed by atoms with Crippen LogP contribution in [0.3, 0.4) is 0 Å². The van der Waals surface area contributed by atoms with E-state index in [2.05, 4.69) is 0 Å². The second kappa shape index (κ2) is 2.96. The van der Waals surface area contributed by atoms with Crippen molar-refractivity contribution in [1.29, 1.82) is 0 Å². The lowest BCUT2D eigenvalue weighted by molar-refractivity contribution is -0.386. The molecule has 0 fully saturated rings. The molecule has 6 heteroatoms. The second-order valence-corrected chi connectivity index (χ2v) is 2.42. The monoisotopic (exact) mass is 189 g/mol. The van der Waals surface area contributed by atoms with Gasteiger partial charge in [0.05, 0.1) is 11.0 Å². The zero-order valence-corrected chi connectivity index (χ0v) is 6.54. The summed E-state index contributed by atoms with van der Waals surface area (Å²) in [7, 11) is 0. The van der Waals surface area contributed by atoms with Crippen LogP contribution in [-0.4, -0.2) is 10.0 Å². The van der Waals surface area contributed by atoms with E-state index < -0.39 is 33.6 Å². The van der Waals surface area contributed by atoms with E-state index in [4.69, 9.17) is 5.11 Å². The topological polar surface area (TPSA) is 63.4 Å². The maximum atomic E-state index is 12.8. The van der Waals surface area contributed by atoms with E-state index in [0.29, 0.717) is 6.07 Å². The van der Waals surface area contributed by atoms with E-state index in [1.807, 2.05) is 0 Å². The number of nitrogens with zero attached hydrogens (tertiary/aromatic N) is 1. The van der Waals surface area contributed by atoms with Gasteiger partial charge in [0.15, 0.2) is 5.82 Å². The van der Waals surface area contributed by atoms with E-state index in [1.165, 1.54) is 0 Å². The van der Waals surface area contributed by atoms with Gasteiger partial charge in [-0.2, -0.15) is 0 Å². The molecule has 0 aliphatic carbocycles. The van der Waals surface area contributed by atoms with E-state index in [9.17, 15) is 18.9 Å². The Morgan fingerprint density at radius 2 is 2.08 bits per heavy atom. The van der Waals surface area contributed by atoms with Crippen molar-refractivity contribution in [3.05, 3.63) is 33.4 Å². The fourth-order valence-electron chi connectivity index (χ4n) is 0.831. The average molecular weight is 189 g/mol. The number of rotatable bonds is 1. The summed E-state index contributed by atoms with van der Waals surface area (Å²) in [6.45, 7) is 1.08. The largest absolute Gasteiger partial charge is 0.500 e. The van der Waals surface area contributed by atoms with Gasteiger partial charge in [-0.3, -0.25) is 10.1 Å². The third kappa shape index (κ3) is 1.42. The van der Waals surface area contributed by atoms with Gasteiger partial charge in [-0.1, -0.05) is 0 Å². The minimum absolute atomic E-state index is 0.442. The number of nitro groups is 1. The van der Waals surface area contributed by atoms with Gasteiger partial charge in [-0.25, -0.2) is 8.78 Å². The molecule has 13 heavy (non-hydrogen) atoms. The zero-order valence-electron chi connectivity index (χ0n) is 6.54. The Morgan fingerprint density at radius 3 is 2.54 bits per heavy atom. The predicted octanol–water partition coefficient (Wildman–Crippen LogP) is 1.89. The lowest BCUT2D eigenvalue weighted by Crippen LogP contribution is -1.96. The molecule has 0 spiro atoms. The van der Waals surface area contributed by atoms with Crippen LogP contribution in [0.2, 0.25) is 0 Å². The van der Waals surface area contributed by atoms with Crippen LogP contribution in [0.1, 0.15) is 5.56 Å². The fourth-order valence-corrected chi connectivity index (χ4v) is 0.831. The van der Waals surface area contributed by atoms with Crippen LogP contribution in [0, 0.1) is 28.7 Å². The Bertz CT molecular complexity index is 378. The number of benzene rings is 1. The summed E-state index contributed by atoms with van der Waals surface area (Å²) < 4.78 is 25.5. The molecule has 0 saturated carbocycles. The molecule has 1 aromatic rings. The Hall–Kier alpha value is -1.72. The maximum Gasteiger partial charge on any atom is 0.316 e. The molecule has 0 amide bonds. The molecule has 1 rings (SSSR count). The summed E-state index contributed by atoms with van der Waals surface area (Å²) in [6.07, 6.45) is 0. The van der Waals surface area contributed by atoms with E-state index >= 15 is 0 Å². The van der Waals surface area contributed by atoms with Crippen molar-refractivity contribution < 1.29 is 18.8 Å². The van der Waals surface area contributed by atoms with Gasteiger partial charge in [0, 0.05) is 5.56 Å². The highest BCUT2D eigenvalue weighted by molar-refractivity contribution is 5.49. The Labute approximate surface area is 71.6 Å². The fraction of sp³-hybridized carbons (Fsp3) is 0.143. The summed E-state index contributed by atoms with van der Waals surface area (Å²) in [5.74, 6) is -3.49. The number of aromatic hydroxyl groups is 1. The predicted molar refractivity (Wildman–Crippen MR) is 39.4 cm³/mol. The van der Waals surface area contributed by atoms with Gasteiger partial charge in [-0.15, -0.1) is 0 Å². The zero-order chi connectivity index (χ0) is 10.2. The lowest BCUT2D eigenvalue weighted by atomic mass is 10.2. The van der Waals surface area contributed by atoms with Crippen molar-refractivity contribution in [2.45, 2.75) is 6.92 Å². The van der Waals surface area contributed by atoms with Crippen LogP contribution in [0.15, 0.2) is 6.07 Å². The Balaban J connectivity index is 3.50. The van der Waals surface area contributed by atoms with Crippen LogP contribution >= 0.6 is 0 Å². The normalized spacial score (nSPS) is 10.1. The minimum Gasteiger partial charge on any atom is -0.500 e. The van der Waals surface area contributed by atoms with E-state index in [-0.39, 0.29) is 0 Å². The Morgan fingerprint density at radius 1 is 1.54 bits per heavy atom. The number of halogens is 2. The highest BCUT2D eigenvalue weighted by atomic mass is 19.1. The number of phenols is 1. The van der Waals surface area contributed by atoms with Crippen LogP contribution < -0.4 is 0 Å². The van der Waals surface area contributed by atoms with Gasteiger partial charge in [-0.05, 0) is 6.92 Å². The van der Waals surface area contributed by atoms with Crippen LogP contribution in [0.5, 0.6) is 5.75 Å². The van der Waals surface area contributed by atoms with Crippen LogP contribution in [0.25, 0.3) is 0 Å². The Kier molecular flexibility index (Phi) is 2.14. The first-order valence-electron chi connectivity index (χ1n) is 3.27. The maximum absolute atomic E-state index is 12.8. The summed E-state index contributed by atoms with van der Waals surface area (Å²) in [4.78, 5) is 9.10. The van der Waals surface area contributed by atoms with Crippen molar-refractivity contribution in [1.82, 2.24) is 0 Å². The van der Waals surface area contributed by atoms with Gasteiger partial charge < -0.3 is 5.11 Å². The van der Waals surface area contributed by atoms with Crippen molar-refractivity contribution in [2.75, 3.05) is 0 Å². The first-order chi connectivity index (χ1) is 5.95. The number of phenolic OH excluding ortho intramolecular Hbond substituents is 1. The lowest BCUT2D eigenvalue weighted by Gasteiger charge is -2.01.